The molecule has 3 rings (SSSR count). The summed E-state index contributed by atoms with van der Waals surface area (Å²) in [6, 6.07) is 4.41. The number of likely N-dealkylation sites (tertiary alicyclic amines) is 1. The Hall–Kier alpha value is -1.10. The molecular formula is C17H24BrN3O. The molecular weight excluding hydrogens is 342 g/mol. The molecule has 1 saturated heterocycles. The maximum atomic E-state index is 12.5. The molecule has 22 heavy (non-hydrogen) atoms. The van der Waals surface area contributed by atoms with E-state index in [-0.39, 0.29) is 0 Å². The van der Waals surface area contributed by atoms with Crippen LogP contribution in [0.2, 0.25) is 0 Å². The van der Waals surface area contributed by atoms with E-state index in [1.807, 2.05) is 18.3 Å². The number of amides is 1. The number of hydrogen-bond acceptors (Lipinski definition) is 3. The number of piperidine rings is 1. The Kier molecular flexibility index (Phi) is 5.34. The number of carbonyl (C=O) groups is 1. The fourth-order valence-electron chi connectivity index (χ4n) is 3.52. The Balaban J connectivity index is 1.47. The lowest BCUT2D eigenvalue weighted by Crippen LogP contribution is -2.45. The third-order valence-electron chi connectivity index (χ3n) is 4.84. The molecule has 5 heteroatoms. The first-order chi connectivity index (χ1) is 10.7. The van der Waals surface area contributed by atoms with Gasteiger partial charge in [-0.2, -0.15) is 0 Å². The topological polar surface area (TPSA) is 45.2 Å². The summed E-state index contributed by atoms with van der Waals surface area (Å²) in [5, 5.41) is 3.48. The van der Waals surface area contributed by atoms with E-state index in [0.717, 1.165) is 49.1 Å². The second kappa shape index (κ2) is 7.44. The highest BCUT2D eigenvalue weighted by Crippen LogP contribution is 2.27. The van der Waals surface area contributed by atoms with Crippen LogP contribution < -0.4 is 5.32 Å². The fourth-order valence-corrected chi connectivity index (χ4v) is 3.76. The van der Waals surface area contributed by atoms with Crippen molar-refractivity contribution in [1.29, 1.82) is 0 Å². The average Bonchev–Trinajstić information content (AvgIpc) is 2.58. The van der Waals surface area contributed by atoms with Gasteiger partial charge >= 0.3 is 0 Å². The maximum absolute atomic E-state index is 12.5. The van der Waals surface area contributed by atoms with Crippen molar-refractivity contribution in [3.8, 4) is 0 Å². The largest absolute Gasteiger partial charge is 0.367 e. The minimum Gasteiger partial charge on any atom is -0.367 e. The fraction of sp³-hybridized carbons (Fsp3) is 0.647. The predicted octanol–water partition coefficient (Wildman–Crippen LogP) is 3.83. The van der Waals surface area contributed by atoms with E-state index in [1.165, 1.54) is 19.3 Å². The molecule has 2 aliphatic rings. The SMILES string of the molecule is O=C(C1CCCCC1)N1CCC(Nc2ccc(Br)cn2)CC1. The van der Waals surface area contributed by atoms with Crippen LogP contribution in [0.4, 0.5) is 5.82 Å². The van der Waals surface area contributed by atoms with E-state index in [9.17, 15) is 4.79 Å². The van der Waals surface area contributed by atoms with Gasteiger partial charge in [0.2, 0.25) is 5.91 Å². The van der Waals surface area contributed by atoms with Crippen LogP contribution in [0.5, 0.6) is 0 Å². The molecule has 0 radical (unpaired) electrons. The Morgan fingerprint density at radius 3 is 2.50 bits per heavy atom. The van der Waals surface area contributed by atoms with Gasteiger partial charge in [-0.05, 0) is 53.7 Å². The monoisotopic (exact) mass is 365 g/mol. The van der Waals surface area contributed by atoms with Gasteiger partial charge in [0.15, 0.2) is 0 Å². The van der Waals surface area contributed by atoms with Crippen molar-refractivity contribution < 1.29 is 4.79 Å². The number of carbonyl (C=O) groups excluding carboxylic acids is 1. The third-order valence-corrected chi connectivity index (χ3v) is 5.31. The maximum Gasteiger partial charge on any atom is 0.225 e. The summed E-state index contributed by atoms with van der Waals surface area (Å²) >= 11 is 3.40. The van der Waals surface area contributed by atoms with Crippen LogP contribution in [0.3, 0.4) is 0 Å². The number of anilines is 1. The first kappa shape index (κ1) is 15.8. The highest BCUT2D eigenvalue weighted by molar-refractivity contribution is 9.10. The van der Waals surface area contributed by atoms with Gasteiger partial charge in [0, 0.05) is 35.7 Å². The lowest BCUT2D eigenvalue weighted by Gasteiger charge is -2.35. The van der Waals surface area contributed by atoms with Crippen LogP contribution >= 0.6 is 15.9 Å². The van der Waals surface area contributed by atoms with E-state index >= 15 is 0 Å². The Labute approximate surface area is 140 Å². The Bertz CT molecular complexity index is 491. The van der Waals surface area contributed by atoms with Crippen molar-refractivity contribution in [2.75, 3.05) is 18.4 Å². The molecule has 4 nitrogen and oxygen atoms in total. The molecule has 2 heterocycles. The third kappa shape index (κ3) is 4.00. The molecule has 0 atom stereocenters. The highest BCUT2D eigenvalue weighted by atomic mass is 79.9. The van der Waals surface area contributed by atoms with E-state index in [4.69, 9.17) is 0 Å². The first-order valence-corrected chi connectivity index (χ1v) is 9.18. The Morgan fingerprint density at radius 2 is 1.86 bits per heavy atom. The van der Waals surface area contributed by atoms with Crippen LogP contribution in [0.25, 0.3) is 0 Å². The van der Waals surface area contributed by atoms with Gasteiger partial charge in [0.1, 0.15) is 5.82 Å². The lowest BCUT2D eigenvalue weighted by molar-refractivity contribution is -0.137. The smallest absolute Gasteiger partial charge is 0.225 e. The molecule has 1 aromatic heterocycles. The molecule has 1 aromatic rings. The van der Waals surface area contributed by atoms with Gasteiger partial charge in [-0.25, -0.2) is 4.98 Å². The number of aromatic nitrogens is 1. The van der Waals surface area contributed by atoms with E-state index < -0.39 is 0 Å². The Morgan fingerprint density at radius 1 is 1.14 bits per heavy atom. The summed E-state index contributed by atoms with van der Waals surface area (Å²) in [4.78, 5) is 19.0. The van der Waals surface area contributed by atoms with E-state index in [0.29, 0.717) is 17.9 Å². The predicted molar refractivity (Wildman–Crippen MR) is 91.7 cm³/mol. The molecule has 0 spiro atoms. The molecule has 120 valence electrons. The zero-order valence-corrected chi connectivity index (χ0v) is 14.5. The van der Waals surface area contributed by atoms with E-state index in [2.05, 4.69) is 31.1 Å². The van der Waals surface area contributed by atoms with Crippen molar-refractivity contribution >= 4 is 27.7 Å². The number of nitrogens with one attached hydrogen (secondary N) is 1. The second-order valence-corrected chi connectivity index (χ2v) is 7.36. The number of nitrogens with zero attached hydrogens (tertiary/aromatic N) is 2. The molecule has 1 N–H and O–H groups in total. The number of hydrogen-bond donors (Lipinski definition) is 1. The van der Waals surface area contributed by atoms with Crippen molar-refractivity contribution in [2.24, 2.45) is 5.92 Å². The highest BCUT2D eigenvalue weighted by Gasteiger charge is 2.29. The van der Waals surface area contributed by atoms with Gasteiger partial charge in [0.05, 0.1) is 0 Å². The van der Waals surface area contributed by atoms with Gasteiger partial charge < -0.3 is 10.2 Å². The van der Waals surface area contributed by atoms with Crippen molar-refractivity contribution in [2.45, 2.75) is 51.0 Å². The van der Waals surface area contributed by atoms with Gasteiger partial charge in [-0.3, -0.25) is 4.79 Å². The minimum absolute atomic E-state index is 0.298. The summed E-state index contributed by atoms with van der Waals surface area (Å²) in [6.45, 7) is 1.76. The van der Waals surface area contributed by atoms with Gasteiger partial charge in [0.25, 0.3) is 0 Å². The zero-order valence-electron chi connectivity index (χ0n) is 12.9. The zero-order chi connectivity index (χ0) is 15.4. The molecule has 0 aromatic carbocycles. The van der Waals surface area contributed by atoms with E-state index in [1.54, 1.807) is 0 Å². The van der Waals surface area contributed by atoms with Crippen LogP contribution in [0, 0.1) is 5.92 Å². The molecule has 1 aliphatic carbocycles. The molecule has 1 amide bonds. The molecule has 0 unspecified atom stereocenters. The lowest BCUT2D eigenvalue weighted by atomic mass is 9.87. The summed E-state index contributed by atoms with van der Waals surface area (Å²) in [6.07, 6.45) is 9.78. The number of pyridine rings is 1. The van der Waals surface area contributed by atoms with Gasteiger partial charge in [-0.15, -0.1) is 0 Å². The molecule has 1 saturated carbocycles. The van der Waals surface area contributed by atoms with Crippen LogP contribution in [0.15, 0.2) is 22.8 Å². The molecule has 2 fully saturated rings. The first-order valence-electron chi connectivity index (χ1n) is 8.39. The second-order valence-electron chi connectivity index (χ2n) is 6.44. The normalized spacial score (nSPS) is 20.9. The standard InChI is InChI=1S/C17H24BrN3O/c18-14-6-7-16(19-12-14)20-15-8-10-21(11-9-15)17(22)13-4-2-1-3-5-13/h6-7,12-13,15H,1-5,8-11H2,(H,19,20). The van der Waals surface area contributed by atoms with Gasteiger partial charge in [-0.1, -0.05) is 19.3 Å². The summed E-state index contributed by atoms with van der Waals surface area (Å²) in [5.41, 5.74) is 0. The summed E-state index contributed by atoms with van der Waals surface area (Å²) in [7, 11) is 0. The van der Waals surface area contributed by atoms with Crippen molar-refractivity contribution in [1.82, 2.24) is 9.88 Å². The van der Waals surface area contributed by atoms with Crippen molar-refractivity contribution in [3.63, 3.8) is 0 Å². The van der Waals surface area contributed by atoms with Crippen LogP contribution in [0.1, 0.15) is 44.9 Å². The summed E-state index contributed by atoms with van der Waals surface area (Å²) in [5.74, 6) is 1.62. The molecule has 1 aliphatic heterocycles. The number of rotatable bonds is 3. The van der Waals surface area contributed by atoms with Crippen molar-refractivity contribution in [3.05, 3.63) is 22.8 Å². The number of halogens is 1. The minimum atomic E-state index is 0.298. The summed E-state index contributed by atoms with van der Waals surface area (Å²) < 4.78 is 0.992. The average molecular weight is 366 g/mol. The molecule has 0 bridgehead atoms. The van der Waals surface area contributed by atoms with Crippen LogP contribution in [-0.2, 0) is 4.79 Å². The quantitative estimate of drug-likeness (QED) is 0.885. The van der Waals surface area contributed by atoms with Crippen LogP contribution in [-0.4, -0.2) is 34.9 Å².